The van der Waals surface area contributed by atoms with Gasteiger partial charge in [0.1, 0.15) is 5.75 Å². The van der Waals surface area contributed by atoms with Crippen LogP contribution < -0.4 is 4.74 Å². The van der Waals surface area contributed by atoms with Crippen LogP contribution in [-0.2, 0) is 0 Å². The first-order valence-electron chi connectivity index (χ1n) is 9.06. The van der Waals surface area contributed by atoms with Crippen LogP contribution in [0.15, 0.2) is 78.9 Å². The van der Waals surface area contributed by atoms with Crippen LogP contribution >= 0.6 is 23.2 Å². The highest BCUT2D eigenvalue weighted by Gasteiger charge is 2.14. The molecular weight excluding hydrogens is 375 g/mol. The lowest BCUT2D eigenvalue weighted by molar-refractivity contribution is 0.340. The van der Waals surface area contributed by atoms with E-state index in [4.69, 9.17) is 27.9 Å². The van der Waals surface area contributed by atoms with Crippen molar-refractivity contribution in [2.75, 3.05) is 12.5 Å². The normalized spacial score (nSPS) is 11.8. The van der Waals surface area contributed by atoms with Crippen molar-refractivity contribution in [3.8, 4) is 5.75 Å². The van der Waals surface area contributed by atoms with Crippen molar-refractivity contribution >= 4 is 34.3 Å². The van der Waals surface area contributed by atoms with Crippen molar-refractivity contribution in [2.24, 2.45) is 0 Å². The third-order valence-corrected chi connectivity index (χ3v) is 4.80. The zero-order valence-corrected chi connectivity index (χ0v) is 16.8. The fourth-order valence-electron chi connectivity index (χ4n) is 3.16. The van der Waals surface area contributed by atoms with Crippen LogP contribution in [0.1, 0.15) is 30.0 Å². The van der Waals surface area contributed by atoms with Gasteiger partial charge in [0.25, 0.3) is 0 Å². The molecule has 0 heterocycles. The minimum absolute atomic E-state index is 0.547. The molecule has 0 saturated heterocycles. The van der Waals surface area contributed by atoms with E-state index in [0.29, 0.717) is 12.5 Å². The molecule has 3 rings (SSSR count). The van der Waals surface area contributed by atoms with E-state index in [1.807, 2.05) is 37.3 Å². The summed E-state index contributed by atoms with van der Waals surface area (Å²) in [4.78, 5) is 0. The van der Waals surface area contributed by atoms with Crippen LogP contribution in [0.3, 0.4) is 0 Å². The maximum absolute atomic E-state index is 6.18. The van der Waals surface area contributed by atoms with Gasteiger partial charge in [-0.1, -0.05) is 66.2 Å². The Morgan fingerprint density at radius 3 is 1.96 bits per heavy atom. The van der Waals surface area contributed by atoms with Gasteiger partial charge in [-0.15, -0.1) is 11.6 Å². The number of alkyl halides is 1. The molecule has 0 unspecified atom stereocenters. The molecule has 0 aliphatic carbocycles. The predicted octanol–water partition coefficient (Wildman–Crippen LogP) is 7.33. The molecular formula is C24H22Cl2O. The van der Waals surface area contributed by atoms with Crippen molar-refractivity contribution in [1.82, 2.24) is 0 Å². The average Bonchev–Trinajstić information content (AvgIpc) is 2.71. The summed E-state index contributed by atoms with van der Waals surface area (Å²) < 4.78 is 5.60. The lowest BCUT2D eigenvalue weighted by Crippen LogP contribution is -1.97. The van der Waals surface area contributed by atoms with Crippen molar-refractivity contribution in [3.63, 3.8) is 0 Å². The van der Waals surface area contributed by atoms with Gasteiger partial charge in [-0.25, -0.2) is 0 Å². The smallest absolute Gasteiger partial charge is 0.119 e. The van der Waals surface area contributed by atoms with Gasteiger partial charge in [-0.05, 0) is 65.4 Å². The first-order chi connectivity index (χ1) is 13.2. The Balaban J connectivity index is 2.19. The van der Waals surface area contributed by atoms with Crippen molar-refractivity contribution in [2.45, 2.75) is 13.3 Å². The van der Waals surface area contributed by atoms with Crippen molar-refractivity contribution in [3.05, 3.63) is 101 Å². The third kappa shape index (κ3) is 4.94. The summed E-state index contributed by atoms with van der Waals surface area (Å²) in [5, 5.41) is 0.728. The summed E-state index contributed by atoms with van der Waals surface area (Å²) in [5.41, 5.74) is 5.82. The van der Waals surface area contributed by atoms with Gasteiger partial charge in [0.05, 0.1) is 6.61 Å². The van der Waals surface area contributed by atoms with Gasteiger partial charge < -0.3 is 4.74 Å². The molecule has 0 aromatic heterocycles. The van der Waals surface area contributed by atoms with E-state index in [0.717, 1.165) is 33.9 Å². The molecule has 3 heteroatoms. The summed E-state index contributed by atoms with van der Waals surface area (Å²) in [6.45, 7) is 2.64. The number of benzene rings is 3. The zero-order valence-electron chi connectivity index (χ0n) is 15.3. The van der Waals surface area contributed by atoms with Crippen LogP contribution in [-0.4, -0.2) is 12.5 Å². The number of ether oxygens (including phenoxy) is 1. The second-order valence-corrected chi connectivity index (χ2v) is 6.94. The topological polar surface area (TPSA) is 9.23 Å². The Morgan fingerprint density at radius 2 is 1.37 bits per heavy atom. The minimum Gasteiger partial charge on any atom is -0.494 e. The molecule has 0 aliphatic heterocycles. The van der Waals surface area contributed by atoms with E-state index < -0.39 is 0 Å². The molecule has 0 bridgehead atoms. The second-order valence-electron chi connectivity index (χ2n) is 6.12. The monoisotopic (exact) mass is 396 g/mol. The standard InChI is InChI=1S/C24H22Cl2O/c1-2-27-22-14-10-20(11-15-22)24(19-6-4-3-5-7-19)23(16-17-25)18-8-12-21(26)13-9-18/h3-15H,2,16-17H2,1H3/b24-23+. The number of hydrogen-bond acceptors (Lipinski definition) is 1. The number of allylic oxidation sites excluding steroid dienone is 1. The Hall–Kier alpha value is -2.22. The van der Waals surface area contributed by atoms with E-state index in [9.17, 15) is 0 Å². The Labute approximate surface area is 171 Å². The van der Waals surface area contributed by atoms with E-state index in [2.05, 4.69) is 48.5 Å². The molecule has 3 aromatic carbocycles. The third-order valence-electron chi connectivity index (χ3n) is 4.36. The average molecular weight is 397 g/mol. The molecule has 27 heavy (non-hydrogen) atoms. The van der Waals surface area contributed by atoms with Crippen LogP contribution in [0.4, 0.5) is 0 Å². The van der Waals surface area contributed by atoms with Crippen molar-refractivity contribution in [1.29, 1.82) is 0 Å². The number of halogens is 2. The molecule has 0 spiro atoms. The highest BCUT2D eigenvalue weighted by Crippen LogP contribution is 2.35. The van der Waals surface area contributed by atoms with Crippen LogP contribution in [0, 0.1) is 0 Å². The summed E-state index contributed by atoms with van der Waals surface area (Å²) >= 11 is 12.3. The lowest BCUT2D eigenvalue weighted by atomic mass is 9.88. The molecule has 0 amide bonds. The molecule has 0 saturated carbocycles. The summed E-state index contributed by atoms with van der Waals surface area (Å²) in [7, 11) is 0. The van der Waals surface area contributed by atoms with Gasteiger partial charge in [0.2, 0.25) is 0 Å². The van der Waals surface area contributed by atoms with Crippen LogP contribution in [0.5, 0.6) is 5.75 Å². The molecule has 0 aliphatic rings. The summed E-state index contributed by atoms with van der Waals surface area (Å²) in [6, 6.07) is 26.6. The predicted molar refractivity (Wildman–Crippen MR) is 117 cm³/mol. The first kappa shape index (κ1) is 19.5. The second kappa shape index (κ2) is 9.64. The zero-order chi connectivity index (χ0) is 19.1. The Morgan fingerprint density at radius 1 is 0.778 bits per heavy atom. The van der Waals surface area contributed by atoms with E-state index in [1.54, 1.807) is 0 Å². The quantitative estimate of drug-likeness (QED) is 0.300. The lowest BCUT2D eigenvalue weighted by Gasteiger charge is -2.17. The van der Waals surface area contributed by atoms with Gasteiger partial charge in [-0.3, -0.25) is 0 Å². The fourth-order valence-corrected chi connectivity index (χ4v) is 3.48. The summed E-state index contributed by atoms with van der Waals surface area (Å²) in [6.07, 6.45) is 0.765. The number of hydrogen-bond donors (Lipinski definition) is 0. The SMILES string of the molecule is CCOc1ccc(/C(=C(\CCCl)c2ccc(Cl)cc2)c2ccccc2)cc1. The fraction of sp³-hybridized carbons (Fsp3) is 0.167. The largest absolute Gasteiger partial charge is 0.494 e. The maximum atomic E-state index is 6.18. The Bertz CT molecular complexity index is 882. The molecule has 3 aromatic rings. The molecule has 0 fully saturated rings. The highest BCUT2D eigenvalue weighted by atomic mass is 35.5. The van der Waals surface area contributed by atoms with Gasteiger partial charge in [-0.2, -0.15) is 0 Å². The van der Waals surface area contributed by atoms with Gasteiger partial charge >= 0.3 is 0 Å². The molecule has 0 atom stereocenters. The first-order valence-corrected chi connectivity index (χ1v) is 9.98. The van der Waals surface area contributed by atoms with Crippen LogP contribution in [0.2, 0.25) is 5.02 Å². The van der Waals surface area contributed by atoms with Gasteiger partial charge in [0, 0.05) is 10.9 Å². The molecule has 0 N–H and O–H groups in total. The number of rotatable bonds is 7. The molecule has 0 radical (unpaired) electrons. The van der Waals surface area contributed by atoms with E-state index in [1.165, 1.54) is 11.1 Å². The Kier molecular flexibility index (Phi) is 6.98. The maximum Gasteiger partial charge on any atom is 0.119 e. The van der Waals surface area contributed by atoms with E-state index in [-0.39, 0.29) is 0 Å². The van der Waals surface area contributed by atoms with Crippen molar-refractivity contribution < 1.29 is 4.74 Å². The van der Waals surface area contributed by atoms with E-state index >= 15 is 0 Å². The highest BCUT2D eigenvalue weighted by molar-refractivity contribution is 6.30. The minimum atomic E-state index is 0.547. The van der Waals surface area contributed by atoms with Gasteiger partial charge in [0.15, 0.2) is 0 Å². The molecule has 1 nitrogen and oxygen atoms in total. The van der Waals surface area contributed by atoms with Crippen LogP contribution in [0.25, 0.3) is 11.1 Å². The molecule has 138 valence electrons. The summed E-state index contributed by atoms with van der Waals surface area (Å²) in [5.74, 6) is 1.42.